The van der Waals surface area contributed by atoms with E-state index in [0.717, 1.165) is 36.0 Å². The molecule has 8 heteroatoms. The van der Waals surface area contributed by atoms with Crippen molar-refractivity contribution in [1.29, 1.82) is 0 Å². The fraction of sp³-hybridized carbons (Fsp3) is 0.333. The molecule has 2 aromatic rings. The molecule has 1 aliphatic carbocycles. The predicted molar refractivity (Wildman–Crippen MR) is 102 cm³/mol. The number of benzene rings is 1. The van der Waals surface area contributed by atoms with Gasteiger partial charge in [0.25, 0.3) is 11.8 Å². The van der Waals surface area contributed by atoms with Crippen LogP contribution in [0.5, 0.6) is 0 Å². The Morgan fingerprint density at radius 1 is 1.31 bits per heavy atom. The lowest BCUT2D eigenvalue weighted by Gasteiger charge is -2.18. The maximum Gasteiger partial charge on any atom is 0.256 e. The smallest absolute Gasteiger partial charge is 0.256 e. The number of sulfone groups is 1. The summed E-state index contributed by atoms with van der Waals surface area (Å²) < 4.78 is 23.4. The molecule has 26 heavy (non-hydrogen) atoms. The van der Waals surface area contributed by atoms with Crippen LogP contribution in [0.4, 0.5) is 5.00 Å². The summed E-state index contributed by atoms with van der Waals surface area (Å²) in [5, 5.41) is 3.18. The number of rotatable bonds is 4. The monoisotopic (exact) mass is 392 g/mol. The number of hydrogen-bond acceptors (Lipinski definition) is 5. The van der Waals surface area contributed by atoms with Gasteiger partial charge in [-0.15, -0.1) is 11.3 Å². The van der Waals surface area contributed by atoms with Crippen molar-refractivity contribution in [3.05, 3.63) is 45.8 Å². The minimum Gasteiger partial charge on any atom is -0.365 e. The number of carbonyl (C=O) groups excluding carboxylic acids is 2. The Morgan fingerprint density at radius 3 is 2.69 bits per heavy atom. The molecule has 0 fully saturated rings. The minimum atomic E-state index is -3.41. The number of nitrogens with one attached hydrogen (secondary N) is 1. The zero-order valence-corrected chi connectivity index (χ0v) is 16.2. The van der Waals surface area contributed by atoms with Gasteiger partial charge in [0, 0.05) is 16.7 Å². The van der Waals surface area contributed by atoms with Crippen molar-refractivity contribution in [3.63, 3.8) is 0 Å². The van der Waals surface area contributed by atoms with Gasteiger partial charge in [-0.1, -0.05) is 13.0 Å². The van der Waals surface area contributed by atoms with Crippen LogP contribution in [-0.2, 0) is 22.7 Å². The van der Waals surface area contributed by atoms with Crippen LogP contribution in [0.2, 0.25) is 0 Å². The molecule has 1 aromatic carbocycles. The molecule has 0 bridgehead atoms. The van der Waals surface area contributed by atoms with Crippen LogP contribution in [0.1, 0.15) is 44.5 Å². The van der Waals surface area contributed by atoms with Gasteiger partial charge in [-0.2, -0.15) is 0 Å². The molecule has 1 atom stereocenters. The van der Waals surface area contributed by atoms with E-state index in [1.54, 1.807) is 0 Å². The summed E-state index contributed by atoms with van der Waals surface area (Å²) in [7, 11) is -3.41. The van der Waals surface area contributed by atoms with Crippen LogP contribution < -0.4 is 11.1 Å². The summed E-state index contributed by atoms with van der Waals surface area (Å²) in [5.74, 6) is -0.501. The Bertz CT molecular complexity index is 993. The summed E-state index contributed by atoms with van der Waals surface area (Å²) in [6.45, 7) is 2.15. The number of thiophene rings is 1. The second-order valence-electron chi connectivity index (χ2n) is 6.67. The summed E-state index contributed by atoms with van der Waals surface area (Å²) in [5.41, 5.74) is 7.07. The highest BCUT2D eigenvalue weighted by Gasteiger charge is 2.27. The Labute approximate surface area is 156 Å². The summed E-state index contributed by atoms with van der Waals surface area (Å²) in [6, 6.07) is 5.81. The molecule has 6 nitrogen and oxygen atoms in total. The Balaban J connectivity index is 1.94. The lowest BCUT2D eigenvalue weighted by molar-refractivity contribution is 0.1000. The molecule has 138 valence electrons. The maximum atomic E-state index is 12.6. The predicted octanol–water partition coefficient (Wildman–Crippen LogP) is 2.63. The third kappa shape index (κ3) is 3.66. The fourth-order valence-corrected chi connectivity index (χ4v) is 5.22. The molecule has 0 saturated carbocycles. The first-order valence-corrected chi connectivity index (χ1v) is 10.9. The van der Waals surface area contributed by atoms with E-state index in [0.29, 0.717) is 16.5 Å². The van der Waals surface area contributed by atoms with Crippen LogP contribution >= 0.6 is 11.3 Å². The van der Waals surface area contributed by atoms with Crippen LogP contribution in [-0.4, -0.2) is 26.5 Å². The molecule has 0 spiro atoms. The first-order valence-electron chi connectivity index (χ1n) is 8.22. The molecule has 0 radical (unpaired) electrons. The van der Waals surface area contributed by atoms with E-state index in [1.165, 1.54) is 35.6 Å². The zero-order valence-electron chi connectivity index (χ0n) is 14.5. The van der Waals surface area contributed by atoms with Gasteiger partial charge in [-0.25, -0.2) is 8.42 Å². The van der Waals surface area contributed by atoms with Crippen molar-refractivity contribution in [2.24, 2.45) is 11.7 Å². The summed E-state index contributed by atoms with van der Waals surface area (Å²) in [6.07, 6.45) is 3.70. The number of nitrogens with two attached hydrogens (primary N) is 1. The minimum absolute atomic E-state index is 0.0690. The van der Waals surface area contributed by atoms with Crippen molar-refractivity contribution < 1.29 is 18.0 Å². The van der Waals surface area contributed by atoms with Gasteiger partial charge in [0.2, 0.25) is 0 Å². The quantitative estimate of drug-likeness (QED) is 0.834. The molecular formula is C18H20N2O4S2. The van der Waals surface area contributed by atoms with E-state index in [4.69, 9.17) is 5.73 Å². The van der Waals surface area contributed by atoms with Crippen molar-refractivity contribution in [3.8, 4) is 0 Å². The van der Waals surface area contributed by atoms with Gasteiger partial charge < -0.3 is 11.1 Å². The highest BCUT2D eigenvalue weighted by Crippen LogP contribution is 2.39. The van der Waals surface area contributed by atoms with Gasteiger partial charge >= 0.3 is 0 Å². The Kier molecular flexibility index (Phi) is 4.90. The molecule has 0 aliphatic heterocycles. The highest BCUT2D eigenvalue weighted by molar-refractivity contribution is 7.90. The van der Waals surface area contributed by atoms with Crippen LogP contribution in [0.3, 0.4) is 0 Å². The van der Waals surface area contributed by atoms with Crippen LogP contribution in [0, 0.1) is 5.92 Å². The topological polar surface area (TPSA) is 106 Å². The van der Waals surface area contributed by atoms with Gasteiger partial charge in [0.05, 0.1) is 10.5 Å². The zero-order chi connectivity index (χ0) is 19.1. The molecule has 3 N–H and O–H groups in total. The fourth-order valence-electron chi connectivity index (χ4n) is 3.14. The average Bonchev–Trinajstić information content (AvgIpc) is 2.91. The average molecular weight is 393 g/mol. The third-order valence-electron chi connectivity index (χ3n) is 4.51. The van der Waals surface area contributed by atoms with Gasteiger partial charge in [-0.3, -0.25) is 9.59 Å². The standard InChI is InChI=1S/C18H20N2O4S2/c1-10-6-7-13-14(8-10)25-18(15(13)16(19)21)20-17(22)11-4-3-5-12(9-11)26(2,23)24/h3-5,9-10H,6-8H2,1-2H3,(H2,19,21)(H,20,22). The highest BCUT2D eigenvalue weighted by atomic mass is 32.2. The largest absolute Gasteiger partial charge is 0.365 e. The Morgan fingerprint density at radius 2 is 2.04 bits per heavy atom. The second kappa shape index (κ2) is 6.85. The summed E-state index contributed by atoms with van der Waals surface area (Å²) >= 11 is 1.38. The van der Waals surface area contributed by atoms with Crippen molar-refractivity contribution >= 4 is 38.0 Å². The molecule has 1 unspecified atom stereocenters. The lowest BCUT2D eigenvalue weighted by Crippen LogP contribution is -2.19. The molecule has 1 aliphatic rings. The summed E-state index contributed by atoms with van der Waals surface area (Å²) in [4.78, 5) is 25.7. The van der Waals surface area contributed by atoms with E-state index >= 15 is 0 Å². The van der Waals surface area contributed by atoms with E-state index < -0.39 is 21.7 Å². The van der Waals surface area contributed by atoms with Crippen molar-refractivity contribution in [2.45, 2.75) is 31.1 Å². The number of hydrogen-bond donors (Lipinski definition) is 2. The van der Waals surface area contributed by atoms with Crippen LogP contribution in [0.15, 0.2) is 29.2 Å². The second-order valence-corrected chi connectivity index (χ2v) is 9.80. The van der Waals surface area contributed by atoms with Gasteiger partial charge in [0.15, 0.2) is 9.84 Å². The number of carbonyl (C=O) groups is 2. The first kappa shape index (κ1) is 18.6. The third-order valence-corrected chi connectivity index (χ3v) is 6.79. The number of primary amides is 1. The number of anilines is 1. The number of amides is 2. The van der Waals surface area contributed by atoms with E-state index in [1.807, 2.05) is 0 Å². The van der Waals surface area contributed by atoms with Gasteiger partial charge in [-0.05, 0) is 48.9 Å². The normalized spacial score (nSPS) is 16.8. The molecule has 2 amide bonds. The van der Waals surface area contributed by atoms with Crippen molar-refractivity contribution in [2.75, 3.05) is 11.6 Å². The molecule has 0 saturated heterocycles. The SMILES string of the molecule is CC1CCc2c(sc(NC(=O)c3cccc(S(C)(=O)=O)c3)c2C(N)=O)C1. The molecule has 3 rings (SSSR count). The van der Waals surface area contributed by atoms with E-state index in [-0.39, 0.29) is 10.5 Å². The molecule has 1 aromatic heterocycles. The van der Waals surface area contributed by atoms with Crippen LogP contribution in [0.25, 0.3) is 0 Å². The van der Waals surface area contributed by atoms with Crippen molar-refractivity contribution in [1.82, 2.24) is 0 Å². The molecule has 1 heterocycles. The van der Waals surface area contributed by atoms with Gasteiger partial charge in [0.1, 0.15) is 5.00 Å². The van der Waals surface area contributed by atoms with E-state index in [2.05, 4.69) is 12.2 Å². The number of fused-ring (bicyclic) bond motifs is 1. The molecular weight excluding hydrogens is 372 g/mol. The lowest BCUT2D eigenvalue weighted by atomic mass is 9.88. The Hall–Kier alpha value is -2.19. The van der Waals surface area contributed by atoms with E-state index in [9.17, 15) is 18.0 Å². The maximum absolute atomic E-state index is 12.6. The first-order chi connectivity index (χ1) is 12.2.